The Morgan fingerprint density at radius 2 is 2.42 bits per heavy atom. The van der Waals surface area contributed by atoms with Crippen LogP contribution < -0.4 is 4.31 Å². The van der Waals surface area contributed by atoms with Crippen LogP contribution in [0.3, 0.4) is 0 Å². The minimum absolute atomic E-state index is 0.106. The molecule has 1 aromatic heterocycles. The predicted octanol–water partition coefficient (Wildman–Crippen LogP) is 3.63. The first-order valence-corrected chi connectivity index (χ1v) is 10.1. The van der Waals surface area contributed by atoms with Gasteiger partial charge in [0.25, 0.3) is 0 Å². The van der Waals surface area contributed by atoms with Crippen molar-refractivity contribution in [1.82, 2.24) is 0 Å². The van der Waals surface area contributed by atoms with Crippen LogP contribution >= 0.6 is 41.7 Å². The zero-order valence-corrected chi connectivity index (χ0v) is 14.4. The van der Waals surface area contributed by atoms with Gasteiger partial charge in [0.1, 0.15) is 10.9 Å². The summed E-state index contributed by atoms with van der Waals surface area (Å²) in [5.41, 5.74) is 0.655. The maximum absolute atomic E-state index is 12.5. The number of esters is 1. The van der Waals surface area contributed by atoms with E-state index < -0.39 is 11.9 Å². The van der Waals surface area contributed by atoms with Gasteiger partial charge in [-0.25, -0.2) is 0 Å². The van der Waals surface area contributed by atoms with Gasteiger partial charge < -0.3 is 4.74 Å². The number of hydrogen-bond donors (Lipinski definition) is 0. The Kier molecular flexibility index (Phi) is 5.13. The molecule has 0 saturated heterocycles. The molecule has 104 valence electrons. The van der Waals surface area contributed by atoms with E-state index in [1.54, 1.807) is 27.4 Å². The lowest BCUT2D eigenvalue weighted by Crippen LogP contribution is -2.26. The van der Waals surface area contributed by atoms with Crippen LogP contribution in [0.2, 0.25) is 0 Å². The summed E-state index contributed by atoms with van der Waals surface area (Å²) < 4.78 is 7.09. The Labute approximate surface area is 132 Å². The molecule has 0 radical (unpaired) electrons. The largest absolute Gasteiger partial charge is 0.465 e. The zero-order valence-electron chi connectivity index (χ0n) is 10.6. The number of anilines is 1. The van der Waals surface area contributed by atoms with E-state index in [-0.39, 0.29) is 5.78 Å². The Balaban J connectivity index is 2.36. The third kappa shape index (κ3) is 3.08. The summed E-state index contributed by atoms with van der Waals surface area (Å²) >= 11 is 3.79. The summed E-state index contributed by atoms with van der Waals surface area (Å²) in [6.07, 6.45) is 0.508. The van der Waals surface area contributed by atoms with Crippen molar-refractivity contribution < 1.29 is 14.3 Å². The van der Waals surface area contributed by atoms with Crippen molar-refractivity contribution in [1.29, 1.82) is 0 Å². The van der Waals surface area contributed by atoms with E-state index in [2.05, 4.69) is 25.5 Å². The van der Waals surface area contributed by atoms with Crippen LogP contribution in [0, 0.1) is 12.8 Å². The van der Waals surface area contributed by atoms with E-state index in [0.29, 0.717) is 25.1 Å². The normalized spacial score (nSPS) is 19.0. The molecule has 0 bridgehead atoms. The monoisotopic (exact) mass is 411 g/mol. The molecule has 0 amide bonds. The maximum atomic E-state index is 12.5. The number of carbonyl (C=O) groups is 2. The van der Waals surface area contributed by atoms with Crippen LogP contribution in [-0.2, 0) is 9.53 Å². The molecular formula is C12H14INO3S2. The molecule has 0 fully saturated rings. The van der Waals surface area contributed by atoms with Gasteiger partial charge >= 0.3 is 5.97 Å². The smallest absolute Gasteiger partial charge is 0.316 e. The highest BCUT2D eigenvalue weighted by atomic mass is 127. The van der Waals surface area contributed by atoms with Crippen molar-refractivity contribution in [2.45, 2.75) is 20.3 Å². The van der Waals surface area contributed by atoms with Crippen LogP contribution in [-0.4, -0.2) is 24.9 Å². The molecular weight excluding hydrogens is 397 g/mol. The van der Waals surface area contributed by atoms with E-state index >= 15 is 0 Å². The van der Waals surface area contributed by atoms with E-state index in [4.69, 9.17) is 4.74 Å². The molecule has 0 N–H and O–H groups in total. The van der Waals surface area contributed by atoms with Gasteiger partial charge in [0, 0.05) is 41.7 Å². The molecule has 1 unspecified atom stereocenters. The average Bonchev–Trinajstić information content (AvgIpc) is 2.71. The average molecular weight is 411 g/mol. The second-order valence-electron chi connectivity index (χ2n) is 4.20. The van der Waals surface area contributed by atoms with Crippen LogP contribution in [0.5, 0.6) is 0 Å². The molecule has 2 rings (SSSR count). The molecule has 1 aliphatic heterocycles. The molecule has 0 aliphatic carbocycles. The highest BCUT2D eigenvalue weighted by Crippen LogP contribution is 2.41. The van der Waals surface area contributed by atoms with Gasteiger partial charge in [-0.1, -0.05) is 0 Å². The lowest BCUT2D eigenvalue weighted by atomic mass is 9.97. The molecule has 2 heterocycles. The number of thiophene rings is 1. The third-order valence-corrected chi connectivity index (χ3v) is 6.07. The van der Waals surface area contributed by atoms with Crippen molar-refractivity contribution in [3.05, 3.63) is 16.5 Å². The van der Waals surface area contributed by atoms with Crippen LogP contribution in [0.4, 0.5) is 5.00 Å². The molecule has 4 nitrogen and oxygen atoms in total. The minimum atomic E-state index is -0.666. The van der Waals surface area contributed by atoms with Crippen molar-refractivity contribution in [3.63, 3.8) is 0 Å². The number of ketones is 1. The Morgan fingerprint density at radius 1 is 1.68 bits per heavy atom. The standard InChI is InChI=1S/C12H14INO3S2/c1-3-17-12(16)8-4-5-14(19-13)11-9(10(8)15)6-7(2)18-11/h6,8H,3-5H2,1-2H3. The van der Waals surface area contributed by atoms with Gasteiger partial charge in [0.05, 0.1) is 12.2 Å². The van der Waals surface area contributed by atoms with Crippen molar-refractivity contribution >= 4 is 58.4 Å². The number of rotatable bonds is 3. The lowest BCUT2D eigenvalue weighted by Gasteiger charge is -2.17. The van der Waals surface area contributed by atoms with Crippen molar-refractivity contribution in [2.24, 2.45) is 5.92 Å². The number of fused-ring (bicyclic) bond motifs is 1. The second kappa shape index (κ2) is 6.45. The highest BCUT2D eigenvalue weighted by molar-refractivity contribution is 14.2. The minimum Gasteiger partial charge on any atom is -0.465 e. The Bertz CT molecular complexity index is 503. The summed E-state index contributed by atoms with van der Waals surface area (Å²) in [5.74, 6) is -1.17. The van der Waals surface area contributed by atoms with Crippen LogP contribution in [0.15, 0.2) is 6.07 Å². The molecule has 1 atom stereocenters. The van der Waals surface area contributed by atoms with E-state index in [9.17, 15) is 9.59 Å². The fourth-order valence-corrected chi connectivity index (χ4v) is 5.15. The van der Waals surface area contributed by atoms with E-state index in [0.717, 1.165) is 9.88 Å². The number of Topliss-reactive ketones (excluding diaryl/α,β-unsaturated/α-hetero) is 1. The molecule has 19 heavy (non-hydrogen) atoms. The van der Waals surface area contributed by atoms with Crippen molar-refractivity contribution in [3.8, 4) is 0 Å². The number of hydrogen-bond acceptors (Lipinski definition) is 6. The quantitative estimate of drug-likeness (QED) is 0.329. The van der Waals surface area contributed by atoms with E-state index in [1.165, 1.54) is 0 Å². The molecule has 1 aliphatic rings. The third-order valence-electron chi connectivity index (χ3n) is 2.92. The van der Waals surface area contributed by atoms with E-state index in [1.807, 2.05) is 13.0 Å². The van der Waals surface area contributed by atoms with Gasteiger partial charge in [-0.3, -0.25) is 13.9 Å². The maximum Gasteiger partial charge on any atom is 0.316 e. The first-order chi connectivity index (χ1) is 9.08. The predicted molar refractivity (Wildman–Crippen MR) is 87.1 cm³/mol. The zero-order chi connectivity index (χ0) is 14.0. The molecule has 7 heteroatoms. The SMILES string of the molecule is CCOC(=O)C1CCN(SI)c2sc(C)cc2C1=O. The van der Waals surface area contributed by atoms with Crippen LogP contribution in [0.25, 0.3) is 0 Å². The summed E-state index contributed by atoms with van der Waals surface area (Å²) in [6.45, 7) is 4.72. The fourth-order valence-electron chi connectivity index (χ4n) is 2.06. The Morgan fingerprint density at radius 3 is 3.05 bits per heavy atom. The number of halogens is 1. The summed E-state index contributed by atoms with van der Waals surface area (Å²) in [7, 11) is 1.55. The molecule has 1 aromatic rings. The Hall–Kier alpha value is -0.280. The summed E-state index contributed by atoms with van der Waals surface area (Å²) in [5, 5.41) is 0.952. The summed E-state index contributed by atoms with van der Waals surface area (Å²) in [6, 6.07) is 1.87. The lowest BCUT2D eigenvalue weighted by molar-refractivity contribution is -0.146. The topological polar surface area (TPSA) is 46.6 Å². The first kappa shape index (κ1) is 15.1. The summed E-state index contributed by atoms with van der Waals surface area (Å²) in [4.78, 5) is 25.5. The number of ether oxygens (including phenoxy) is 1. The van der Waals surface area contributed by atoms with Gasteiger partial charge in [0.2, 0.25) is 0 Å². The molecule has 0 saturated carbocycles. The number of carbonyl (C=O) groups excluding carboxylic acids is 2. The first-order valence-electron chi connectivity index (χ1n) is 5.96. The van der Waals surface area contributed by atoms with Crippen molar-refractivity contribution in [2.75, 3.05) is 17.5 Å². The second-order valence-corrected chi connectivity index (χ2v) is 7.20. The number of aryl methyl sites for hydroxylation is 1. The van der Waals surface area contributed by atoms with Gasteiger partial charge in [-0.05, 0) is 26.3 Å². The highest BCUT2D eigenvalue weighted by Gasteiger charge is 2.35. The number of nitrogens with zero attached hydrogens (tertiary/aromatic N) is 1. The van der Waals surface area contributed by atoms with Gasteiger partial charge in [-0.2, -0.15) is 0 Å². The van der Waals surface area contributed by atoms with Gasteiger partial charge in [-0.15, -0.1) is 11.3 Å². The van der Waals surface area contributed by atoms with Gasteiger partial charge in [0.15, 0.2) is 5.78 Å². The van der Waals surface area contributed by atoms with Crippen LogP contribution in [0.1, 0.15) is 28.6 Å². The molecule has 0 aromatic carbocycles. The fraction of sp³-hybridized carbons (Fsp3) is 0.500. The molecule has 0 spiro atoms.